The summed E-state index contributed by atoms with van der Waals surface area (Å²) in [5.74, 6) is -0.135. The Balaban J connectivity index is 2.44. The fourth-order valence-corrected chi connectivity index (χ4v) is 1.50. The van der Waals surface area contributed by atoms with Gasteiger partial charge in [0.1, 0.15) is 0 Å². The Morgan fingerprint density at radius 2 is 2.00 bits per heavy atom. The van der Waals surface area contributed by atoms with Gasteiger partial charge in [0.05, 0.1) is 6.04 Å². The minimum atomic E-state index is -0.498. The lowest BCUT2D eigenvalue weighted by Crippen LogP contribution is -2.39. The lowest BCUT2D eigenvalue weighted by molar-refractivity contribution is -0.122. The summed E-state index contributed by atoms with van der Waals surface area (Å²) >= 11 is 0. The third kappa shape index (κ3) is 4.41. The standard InChI is InChI=1S/C14H20N2O/c1-3-5-13(15)14(17)16-10-12-8-6-11(4-2)7-9-12/h3,6-9,13H,1,4-5,10,15H2,2H3,(H,16,17). The quantitative estimate of drug-likeness (QED) is 0.734. The molecule has 1 amide bonds. The molecule has 3 heteroatoms. The third-order valence-electron chi connectivity index (χ3n) is 2.66. The lowest BCUT2D eigenvalue weighted by atomic mass is 10.1. The number of carbonyl (C=O) groups excluding carboxylic acids is 1. The monoisotopic (exact) mass is 232 g/mol. The molecule has 0 aliphatic carbocycles. The van der Waals surface area contributed by atoms with Gasteiger partial charge in [0.25, 0.3) is 0 Å². The van der Waals surface area contributed by atoms with Crippen molar-refractivity contribution in [1.82, 2.24) is 5.32 Å². The van der Waals surface area contributed by atoms with Crippen LogP contribution in [0.4, 0.5) is 0 Å². The van der Waals surface area contributed by atoms with Crippen LogP contribution in [-0.4, -0.2) is 11.9 Å². The zero-order valence-corrected chi connectivity index (χ0v) is 10.3. The van der Waals surface area contributed by atoms with E-state index in [0.717, 1.165) is 12.0 Å². The van der Waals surface area contributed by atoms with Crippen LogP contribution in [0.2, 0.25) is 0 Å². The molecule has 0 saturated heterocycles. The number of amides is 1. The molecule has 0 heterocycles. The number of nitrogens with one attached hydrogen (secondary N) is 1. The minimum Gasteiger partial charge on any atom is -0.351 e. The average Bonchev–Trinajstić information content (AvgIpc) is 2.36. The topological polar surface area (TPSA) is 55.1 Å². The number of benzene rings is 1. The molecule has 1 aromatic carbocycles. The lowest BCUT2D eigenvalue weighted by Gasteiger charge is -2.10. The van der Waals surface area contributed by atoms with Crippen molar-refractivity contribution in [3.05, 3.63) is 48.0 Å². The van der Waals surface area contributed by atoms with Crippen LogP contribution >= 0.6 is 0 Å². The second-order valence-corrected chi connectivity index (χ2v) is 4.02. The van der Waals surface area contributed by atoms with E-state index in [2.05, 4.69) is 31.0 Å². The van der Waals surface area contributed by atoms with Gasteiger partial charge in [0.15, 0.2) is 0 Å². The van der Waals surface area contributed by atoms with Gasteiger partial charge in [-0.3, -0.25) is 4.79 Å². The summed E-state index contributed by atoms with van der Waals surface area (Å²) in [4.78, 5) is 11.5. The molecule has 0 aliphatic rings. The fraction of sp³-hybridized carbons (Fsp3) is 0.357. The van der Waals surface area contributed by atoms with E-state index in [-0.39, 0.29) is 5.91 Å². The van der Waals surface area contributed by atoms with Crippen LogP contribution in [-0.2, 0) is 17.8 Å². The third-order valence-corrected chi connectivity index (χ3v) is 2.66. The zero-order chi connectivity index (χ0) is 12.7. The Morgan fingerprint density at radius 3 is 2.53 bits per heavy atom. The summed E-state index contributed by atoms with van der Waals surface area (Å²) in [5.41, 5.74) is 8.03. The van der Waals surface area contributed by atoms with Crippen LogP contribution < -0.4 is 11.1 Å². The Bertz CT molecular complexity index is 370. The molecular weight excluding hydrogens is 212 g/mol. The number of carbonyl (C=O) groups is 1. The number of nitrogens with two attached hydrogens (primary N) is 1. The van der Waals surface area contributed by atoms with Crippen molar-refractivity contribution in [3.8, 4) is 0 Å². The van der Waals surface area contributed by atoms with Gasteiger partial charge in [-0.2, -0.15) is 0 Å². The molecule has 1 rings (SSSR count). The Labute approximate surface area is 103 Å². The van der Waals surface area contributed by atoms with Gasteiger partial charge in [-0.15, -0.1) is 6.58 Å². The Morgan fingerprint density at radius 1 is 1.41 bits per heavy atom. The van der Waals surface area contributed by atoms with Gasteiger partial charge in [-0.1, -0.05) is 37.3 Å². The number of hydrogen-bond donors (Lipinski definition) is 2. The minimum absolute atomic E-state index is 0.135. The van der Waals surface area contributed by atoms with Gasteiger partial charge in [0.2, 0.25) is 5.91 Å². The van der Waals surface area contributed by atoms with E-state index in [1.807, 2.05) is 12.1 Å². The molecule has 0 saturated carbocycles. The Kier molecular flexibility index (Phi) is 5.43. The summed E-state index contributed by atoms with van der Waals surface area (Å²) in [5, 5.41) is 2.81. The van der Waals surface area contributed by atoms with Crippen LogP contribution in [0.15, 0.2) is 36.9 Å². The van der Waals surface area contributed by atoms with Crippen molar-refractivity contribution in [2.24, 2.45) is 5.73 Å². The Hall–Kier alpha value is -1.61. The highest BCUT2D eigenvalue weighted by molar-refractivity contribution is 5.81. The van der Waals surface area contributed by atoms with Crippen molar-refractivity contribution in [1.29, 1.82) is 0 Å². The second-order valence-electron chi connectivity index (χ2n) is 4.02. The molecule has 92 valence electrons. The van der Waals surface area contributed by atoms with E-state index >= 15 is 0 Å². The molecule has 0 aromatic heterocycles. The molecule has 3 nitrogen and oxygen atoms in total. The molecule has 0 aliphatic heterocycles. The highest BCUT2D eigenvalue weighted by Gasteiger charge is 2.10. The number of hydrogen-bond acceptors (Lipinski definition) is 2. The van der Waals surface area contributed by atoms with E-state index < -0.39 is 6.04 Å². The van der Waals surface area contributed by atoms with Crippen LogP contribution in [0.25, 0.3) is 0 Å². The van der Waals surface area contributed by atoms with Crippen LogP contribution in [0.3, 0.4) is 0 Å². The van der Waals surface area contributed by atoms with Gasteiger partial charge >= 0.3 is 0 Å². The van der Waals surface area contributed by atoms with Gasteiger partial charge in [-0.25, -0.2) is 0 Å². The molecule has 0 radical (unpaired) electrons. The van der Waals surface area contributed by atoms with E-state index in [4.69, 9.17) is 5.73 Å². The molecule has 0 spiro atoms. The highest BCUT2D eigenvalue weighted by Crippen LogP contribution is 2.04. The van der Waals surface area contributed by atoms with Crippen LogP contribution in [0, 0.1) is 0 Å². The van der Waals surface area contributed by atoms with Crippen molar-refractivity contribution >= 4 is 5.91 Å². The first kappa shape index (κ1) is 13.5. The smallest absolute Gasteiger partial charge is 0.237 e. The van der Waals surface area contributed by atoms with E-state index in [9.17, 15) is 4.79 Å². The second kappa shape index (κ2) is 6.86. The van der Waals surface area contributed by atoms with E-state index in [1.54, 1.807) is 6.08 Å². The van der Waals surface area contributed by atoms with Gasteiger partial charge < -0.3 is 11.1 Å². The number of rotatable bonds is 6. The first-order valence-corrected chi connectivity index (χ1v) is 5.89. The summed E-state index contributed by atoms with van der Waals surface area (Å²) in [6, 6.07) is 7.70. The SMILES string of the molecule is C=CCC(N)C(=O)NCc1ccc(CC)cc1. The highest BCUT2D eigenvalue weighted by atomic mass is 16.2. The van der Waals surface area contributed by atoms with E-state index in [1.165, 1.54) is 5.56 Å². The summed E-state index contributed by atoms with van der Waals surface area (Å²) in [6.45, 7) is 6.20. The van der Waals surface area contributed by atoms with Crippen molar-refractivity contribution < 1.29 is 4.79 Å². The maximum Gasteiger partial charge on any atom is 0.237 e. The van der Waals surface area contributed by atoms with Gasteiger partial charge in [-0.05, 0) is 24.0 Å². The van der Waals surface area contributed by atoms with Crippen molar-refractivity contribution in [2.45, 2.75) is 32.4 Å². The molecule has 1 unspecified atom stereocenters. The predicted molar refractivity (Wildman–Crippen MR) is 70.5 cm³/mol. The van der Waals surface area contributed by atoms with Crippen molar-refractivity contribution in [3.63, 3.8) is 0 Å². The molecule has 3 N–H and O–H groups in total. The fourth-order valence-electron chi connectivity index (χ4n) is 1.50. The summed E-state index contributed by atoms with van der Waals surface area (Å²) in [7, 11) is 0. The van der Waals surface area contributed by atoms with Crippen LogP contribution in [0.5, 0.6) is 0 Å². The maximum atomic E-state index is 11.5. The zero-order valence-electron chi connectivity index (χ0n) is 10.3. The van der Waals surface area contributed by atoms with Crippen LogP contribution in [0.1, 0.15) is 24.5 Å². The first-order valence-electron chi connectivity index (χ1n) is 5.89. The molecule has 1 atom stereocenters. The predicted octanol–water partition coefficient (Wildman–Crippen LogP) is 1.77. The average molecular weight is 232 g/mol. The maximum absolute atomic E-state index is 11.5. The molecular formula is C14H20N2O. The largest absolute Gasteiger partial charge is 0.351 e. The molecule has 0 bridgehead atoms. The molecule has 17 heavy (non-hydrogen) atoms. The van der Waals surface area contributed by atoms with E-state index in [0.29, 0.717) is 13.0 Å². The van der Waals surface area contributed by atoms with Gasteiger partial charge in [0, 0.05) is 6.54 Å². The van der Waals surface area contributed by atoms with Crippen molar-refractivity contribution in [2.75, 3.05) is 0 Å². The summed E-state index contributed by atoms with van der Waals surface area (Å²) < 4.78 is 0. The first-order chi connectivity index (χ1) is 8.17. The molecule has 1 aromatic rings. The number of aryl methyl sites for hydroxylation is 1. The summed E-state index contributed by atoms with van der Waals surface area (Å²) in [6.07, 6.45) is 3.18. The molecule has 0 fully saturated rings. The normalized spacial score (nSPS) is 11.9.